The highest BCUT2D eigenvalue weighted by Crippen LogP contribution is 2.40. The first kappa shape index (κ1) is 25.4. The van der Waals surface area contributed by atoms with Gasteiger partial charge in [-0.2, -0.15) is 5.26 Å². The topological polar surface area (TPSA) is 81.3 Å². The molecule has 1 aromatic heterocycles. The van der Waals surface area contributed by atoms with E-state index in [1.54, 1.807) is 12.1 Å². The van der Waals surface area contributed by atoms with E-state index in [1.807, 2.05) is 61.5 Å². The molecule has 184 valence electrons. The van der Waals surface area contributed by atoms with E-state index in [0.717, 1.165) is 15.6 Å². The van der Waals surface area contributed by atoms with Crippen molar-refractivity contribution in [3.8, 4) is 6.07 Å². The van der Waals surface area contributed by atoms with Crippen LogP contribution in [0.3, 0.4) is 0 Å². The Balaban J connectivity index is 2.18. The molecule has 4 rings (SSSR count). The van der Waals surface area contributed by atoms with E-state index >= 15 is 4.39 Å². The van der Waals surface area contributed by atoms with Gasteiger partial charge in [0.05, 0.1) is 33.2 Å². The molecule has 1 fully saturated rings. The summed E-state index contributed by atoms with van der Waals surface area (Å²) in [5.41, 5.74) is -0.546. The van der Waals surface area contributed by atoms with Gasteiger partial charge in [-0.3, -0.25) is 0 Å². The van der Waals surface area contributed by atoms with Gasteiger partial charge < -0.3 is 9.31 Å². The van der Waals surface area contributed by atoms with Gasteiger partial charge in [0, 0.05) is 22.0 Å². The summed E-state index contributed by atoms with van der Waals surface area (Å²) in [6.45, 7) is 15.0. The van der Waals surface area contributed by atoms with E-state index < -0.39 is 39.6 Å². The van der Waals surface area contributed by atoms with Crippen LogP contribution in [0.15, 0.2) is 41.3 Å². The highest BCUT2D eigenvalue weighted by molar-refractivity contribution is 7.90. The largest absolute Gasteiger partial charge is 0.497 e. The second kappa shape index (κ2) is 7.92. The molecule has 1 saturated heterocycles. The molecule has 0 atom stereocenters. The molecule has 35 heavy (non-hydrogen) atoms. The Labute approximate surface area is 206 Å². The van der Waals surface area contributed by atoms with Crippen LogP contribution in [0.4, 0.5) is 4.39 Å². The lowest BCUT2D eigenvalue weighted by Gasteiger charge is -2.32. The van der Waals surface area contributed by atoms with Crippen LogP contribution in [0.1, 0.15) is 65.3 Å². The quantitative estimate of drug-likeness (QED) is 0.487. The number of hydrogen-bond donors (Lipinski definition) is 0. The van der Waals surface area contributed by atoms with Crippen molar-refractivity contribution in [3.05, 3.63) is 59.0 Å². The predicted molar refractivity (Wildman–Crippen MR) is 135 cm³/mol. The minimum atomic E-state index is -4.22. The van der Waals surface area contributed by atoms with Crippen LogP contribution in [0.5, 0.6) is 0 Å². The average Bonchev–Trinajstić information content (AvgIpc) is 3.19. The van der Waals surface area contributed by atoms with Crippen LogP contribution in [-0.2, 0) is 24.7 Å². The Bertz CT molecular complexity index is 1460. The molecule has 0 saturated carbocycles. The van der Waals surface area contributed by atoms with Gasteiger partial charge in [0.25, 0.3) is 10.0 Å². The SMILES string of the molecule is Cc1ccc(S(=O)(=O)n2c(C(C)(C)C)c(B3OC(C)(C)C(C)(C)O3)c3cc(C#N)cc(F)c32)cc1. The number of aryl methyl sites for hydroxylation is 1. The fourth-order valence-electron chi connectivity index (χ4n) is 4.39. The summed E-state index contributed by atoms with van der Waals surface area (Å²) in [4.78, 5) is 0.0368. The number of hydrogen-bond acceptors (Lipinski definition) is 5. The molecule has 2 heterocycles. The van der Waals surface area contributed by atoms with Crippen molar-refractivity contribution in [2.24, 2.45) is 0 Å². The van der Waals surface area contributed by atoms with E-state index in [4.69, 9.17) is 9.31 Å². The molecule has 6 nitrogen and oxygen atoms in total. The van der Waals surface area contributed by atoms with Crippen molar-refractivity contribution in [1.29, 1.82) is 5.26 Å². The number of rotatable bonds is 3. The molecule has 0 spiro atoms. The third-order valence-corrected chi connectivity index (χ3v) is 8.62. The smallest absolute Gasteiger partial charge is 0.399 e. The maximum absolute atomic E-state index is 15.7. The second-order valence-corrected chi connectivity index (χ2v) is 12.9. The van der Waals surface area contributed by atoms with Crippen molar-refractivity contribution < 1.29 is 22.1 Å². The van der Waals surface area contributed by atoms with Gasteiger partial charge in [0.1, 0.15) is 5.82 Å². The fourth-order valence-corrected chi connectivity index (χ4v) is 6.12. The molecule has 0 radical (unpaired) electrons. The molecule has 0 bridgehead atoms. The lowest BCUT2D eigenvalue weighted by molar-refractivity contribution is 0.00578. The van der Waals surface area contributed by atoms with E-state index in [0.29, 0.717) is 11.2 Å². The average molecular weight is 496 g/mol. The highest BCUT2D eigenvalue weighted by Gasteiger charge is 2.54. The van der Waals surface area contributed by atoms with E-state index in [2.05, 4.69) is 0 Å². The molecule has 3 aromatic rings. The van der Waals surface area contributed by atoms with Crippen LogP contribution in [-0.4, -0.2) is 30.7 Å². The Morgan fingerprint density at radius 2 is 1.57 bits per heavy atom. The molecule has 0 N–H and O–H groups in total. The summed E-state index contributed by atoms with van der Waals surface area (Å²) < 4.78 is 57.5. The number of aromatic nitrogens is 1. The van der Waals surface area contributed by atoms with Crippen LogP contribution < -0.4 is 5.46 Å². The summed E-state index contributed by atoms with van der Waals surface area (Å²) in [5.74, 6) is -0.803. The third-order valence-electron chi connectivity index (χ3n) is 6.90. The number of fused-ring (bicyclic) bond motifs is 1. The first-order chi connectivity index (χ1) is 16.0. The Kier molecular flexibility index (Phi) is 5.75. The van der Waals surface area contributed by atoms with Crippen molar-refractivity contribution in [3.63, 3.8) is 0 Å². The van der Waals surface area contributed by atoms with Crippen LogP contribution in [0.25, 0.3) is 10.9 Å². The van der Waals surface area contributed by atoms with Gasteiger partial charge in [-0.05, 0) is 58.9 Å². The fraction of sp³-hybridized carbons (Fsp3) is 0.423. The van der Waals surface area contributed by atoms with E-state index in [9.17, 15) is 13.7 Å². The first-order valence-corrected chi connectivity index (χ1v) is 12.9. The lowest BCUT2D eigenvalue weighted by Crippen LogP contribution is -2.41. The van der Waals surface area contributed by atoms with Crippen LogP contribution in [0.2, 0.25) is 0 Å². The predicted octanol–water partition coefficient (Wildman–Crippen LogP) is 4.79. The molecule has 9 heteroatoms. The summed E-state index contributed by atoms with van der Waals surface area (Å²) in [7, 11) is -5.18. The van der Waals surface area contributed by atoms with Gasteiger partial charge in [0.2, 0.25) is 0 Å². The minimum absolute atomic E-state index is 0.0368. The van der Waals surface area contributed by atoms with Crippen LogP contribution >= 0.6 is 0 Å². The molecule has 1 aliphatic rings. The number of nitrogens with zero attached hydrogens (tertiary/aromatic N) is 2. The minimum Gasteiger partial charge on any atom is -0.399 e. The maximum atomic E-state index is 15.7. The zero-order valence-corrected chi connectivity index (χ0v) is 22.2. The first-order valence-electron chi connectivity index (χ1n) is 11.5. The molecular weight excluding hydrogens is 466 g/mol. The lowest BCUT2D eigenvalue weighted by atomic mass is 9.72. The van der Waals surface area contributed by atoms with Crippen molar-refractivity contribution in [2.45, 2.75) is 76.9 Å². The summed E-state index contributed by atoms with van der Waals surface area (Å²) >= 11 is 0. The summed E-state index contributed by atoms with van der Waals surface area (Å²) in [6.07, 6.45) is 0. The number of halogens is 1. The Hall–Kier alpha value is -2.67. The van der Waals surface area contributed by atoms with Gasteiger partial charge in [-0.15, -0.1) is 0 Å². The molecule has 1 aliphatic heterocycles. The zero-order chi connectivity index (χ0) is 26.1. The summed E-state index contributed by atoms with van der Waals surface area (Å²) in [5, 5.41) is 9.82. The molecule has 0 amide bonds. The normalized spacial score (nSPS) is 17.7. The summed E-state index contributed by atoms with van der Waals surface area (Å²) in [6, 6.07) is 11.0. The van der Waals surface area contributed by atoms with Crippen molar-refractivity contribution in [1.82, 2.24) is 3.97 Å². The van der Waals surface area contributed by atoms with Gasteiger partial charge in [-0.25, -0.2) is 16.8 Å². The van der Waals surface area contributed by atoms with Gasteiger partial charge in [-0.1, -0.05) is 38.5 Å². The molecule has 2 aromatic carbocycles. The highest BCUT2D eigenvalue weighted by atomic mass is 32.2. The number of benzene rings is 2. The second-order valence-electron chi connectivity index (χ2n) is 11.1. The molecule has 0 aliphatic carbocycles. The maximum Gasteiger partial charge on any atom is 0.497 e. The number of nitriles is 1. The monoisotopic (exact) mass is 496 g/mol. The third kappa shape index (κ3) is 3.98. The van der Waals surface area contributed by atoms with Gasteiger partial charge >= 0.3 is 7.12 Å². The van der Waals surface area contributed by atoms with Gasteiger partial charge in [0.15, 0.2) is 0 Å². The molecule has 0 unspecified atom stereocenters. The van der Waals surface area contributed by atoms with Crippen LogP contribution in [0, 0.1) is 24.1 Å². The van der Waals surface area contributed by atoms with Crippen molar-refractivity contribution in [2.75, 3.05) is 0 Å². The Morgan fingerprint density at radius 3 is 2.06 bits per heavy atom. The van der Waals surface area contributed by atoms with E-state index in [-0.39, 0.29) is 21.4 Å². The van der Waals surface area contributed by atoms with E-state index in [1.165, 1.54) is 18.2 Å². The molecular formula is C26H30BFN2O4S. The zero-order valence-electron chi connectivity index (χ0n) is 21.4. The van der Waals surface area contributed by atoms with Crippen molar-refractivity contribution >= 4 is 33.5 Å². The Morgan fingerprint density at radius 1 is 1.03 bits per heavy atom. The standard InChI is InChI=1S/C26H30BFN2O4S/c1-16-9-11-18(12-10-16)35(31,32)30-22-19(13-17(15-29)14-20(22)28)21(23(30)24(2,3)4)27-33-25(5,6)26(7,8)34-27/h9-14H,1-8H3.